The molecular formula is C30H41N5O2. The van der Waals surface area contributed by atoms with Gasteiger partial charge in [0, 0.05) is 31.9 Å². The lowest BCUT2D eigenvalue weighted by Gasteiger charge is -2.33. The van der Waals surface area contributed by atoms with Crippen molar-refractivity contribution >= 4 is 11.9 Å². The monoisotopic (exact) mass is 503 g/mol. The van der Waals surface area contributed by atoms with Crippen LogP contribution in [0.15, 0.2) is 89.8 Å². The van der Waals surface area contributed by atoms with Crippen LogP contribution in [-0.4, -0.2) is 46.5 Å². The maximum Gasteiger partial charge on any atom is 0.410 e. The van der Waals surface area contributed by atoms with Gasteiger partial charge in [-0.1, -0.05) is 67.2 Å². The lowest BCUT2D eigenvalue weighted by molar-refractivity contribution is 0.0201. The predicted octanol–water partition coefficient (Wildman–Crippen LogP) is 5.41. The van der Waals surface area contributed by atoms with Crippen LogP contribution in [0.3, 0.4) is 0 Å². The van der Waals surface area contributed by atoms with Crippen LogP contribution in [-0.2, 0) is 17.8 Å². The Morgan fingerprint density at radius 2 is 1.70 bits per heavy atom. The van der Waals surface area contributed by atoms with E-state index in [-0.39, 0.29) is 12.1 Å². The normalized spacial score (nSPS) is 17.0. The first kappa shape index (κ1) is 27.8. The van der Waals surface area contributed by atoms with Crippen molar-refractivity contribution in [3.8, 4) is 0 Å². The van der Waals surface area contributed by atoms with E-state index in [0.717, 1.165) is 18.5 Å². The number of amides is 1. The van der Waals surface area contributed by atoms with Gasteiger partial charge in [-0.05, 0) is 57.9 Å². The smallest absolute Gasteiger partial charge is 0.410 e. The minimum atomic E-state index is -0.534. The molecule has 0 aromatic heterocycles. The van der Waals surface area contributed by atoms with Crippen molar-refractivity contribution in [1.29, 1.82) is 0 Å². The van der Waals surface area contributed by atoms with Crippen LogP contribution >= 0.6 is 0 Å². The zero-order chi connectivity index (χ0) is 26.8. The Kier molecular flexibility index (Phi) is 9.78. The van der Waals surface area contributed by atoms with Crippen LogP contribution in [0.4, 0.5) is 4.79 Å². The molecule has 1 amide bonds. The fourth-order valence-electron chi connectivity index (χ4n) is 4.26. The summed E-state index contributed by atoms with van der Waals surface area (Å²) in [6.07, 6.45) is 3.01. The fourth-order valence-corrected chi connectivity index (χ4v) is 4.26. The molecule has 1 heterocycles. The van der Waals surface area contributed by atoms with E-state index in [4.69, 9.17) is 15.5 Å². The van der Waals surface area contributed by atoms with E-state index in [1.54, 1.807) is 11.1 Å². The maximum atomic E-state index is 12.6. The van der Waals surface area contributed by atoms with Gasteiger partial charge >= 0.3 is 6.09 Å². The summed E-state index contributed by atoms with van der Waals surface area (Å²) in [6.45, 7) is 14.1. The lowest BCUT2D eigenvalue weighted by Crippen LogP contribution is -2.45. The lowest BCUT2D eigenvalue weighted by atomic mass is 10.1. The van der Waals surface area contributed by atoms with E-state index in [2.05, 4.69) is 41.1 Å². The second-order valence-corrected chi connectivity index (χ2v) is 10.4. The summed E-state index contributed by atoms with van der Waals surface area (Å²) in [7, 11) is 0. The van der Waals surface area contributed by atoms with Crippen LogP contribution in [0.25, 0.3) is 0 Å². The molecule has 0 aliphatic carbocycles. The molecule has 0 radical (unpaired) electrons. The molecule has 2 aromatic rings. The SMILES string of the molecule is C=CNC(=NC1CCCN(C(=O)OC(C)(C)C)C1)/C(N)=C(\C)N(Cc1ccccc1)Cc1ccccc1. The van der Waals surface area contributed by atoms with Crippen LogP contribution in [0.2, 0.25) is 0 Å². The second-order valence-electron chi connectivity index (χ2n) is 10.4. The first-order valence-corrected chi connectivity index (χ1v) is 12.9. The van der Waals surface area contributed by atoms with E-state index in [0.29, 0.717) is 37.7 Å². The van der Waals surface area contributed by atoms with Crippen molar-refractivity contribution in [3.05, 3.63) is 96.0 Å². The maximum absolute atomic E-state index is 12.6. The molecule has 0 saturated carbocycles. The minimum Gasteiger partial charge on any atom is -0.444 e. The highest BCUT2D eigenvalue weighted by Crippen LogP contribution is 2.20. The van der Waals surface area contributed by atoms with Crippen molar-refractivity contribution in [1.82, 2.24) is 15.1 Å². The zero-order valence-corrected chi connectivity index (χ0v) is 22.6. The first-order valence-electron chi connectivity index (χ1n) is 12.9. The Morgan fingerprint density at radius 1 is 1.14 bits per heavy atom. The molecule has 3 rings (SSSR count). The topological polar surface area (TPSA) is 83.2 Å². The molecule has 0 bridgehead atoms. The molecule has 3 N–H and O–H groups in total. The van der Waals surface area contributed by atoms with Crippen molar-refractivity contribution in [2.24, 2.45) is 10.7 Å². The summed E-state index contributed by atoms with van der Waals surface area (Å²) >= 11 is 0. The number of nitrogens with zero attached hydrogens (tertiary/aromatic N) is 3. The molecule has 1 saturated heterocycles. The summed E-state index contributed by atoms with van der Waals surface area (Å²) in [5, 5.41) is 3.15. The van der Waals surface area contributed by atoms with Crippen LogP contribution in [0, 0.1) is 0 Å². The fraction of sp³-hybridized carbons (Fsp3) is 0.400. The molecule has 2 aromatic carbocycles. The van der Waals surface area contributed by atoms with Gasteiger partial charge in [-0.15, -0.1) is 0 Å². The van der Waals surface area contributed by atoms with Crippen molar-refractivity contribution in [2.45, 2.75) is 65.3 Å². The summed E-state index contributed by atoms with van der Waals surface area (Å²) < 4.78 is 5.57. The molecule has 1 unspecified atom stereocenters. The standard InChI is InChI=1S/C30H41N5O2/c1-6-32-28(33-26-18-13-19-34(22-26)29(36)37-30(3,4)5)27(31)23(2)35(20-24-14-9-7-10-15-24)21-25-16-11-8-12-17-25/h6-12,14-17,26H,1,13,18-22,31H2,2-5H3,(H,32,33)/b27-23-. The predicted molar refractivity (Wildman–Crippen MR) is 151 cm³/mol. The number of carbonyl (C=O) groups is 1. The Hall–Kier alpha value is -3.74. The molecule has 7 nitrogen and oxygen atoms in total. The van der Waals surface area contributed by atoms with E-state index in [1.807, 2.05) is 64.1 Å². The molecule has 1 fully saturated rings. The number of nitrogens with two attached hydrogens (primary N) is 1. The number of hydrogen-bond acceptors (Lipinski definition) is 5. The Labute approximate surface area is 221 Å². The van der Waals surface area contributed by atoms with Gasteiger partial charge in [0.2, 0.25) is 0 Å². The number of ether oxygens (including phenoxy) is 1. The zero-order valence-electron chi connectivity index (χ0n) is 22.6. The van der Waals surface area contributed by atoms with Crippen LogP contribution in [0.1, 0.15) is 51.7 Å². The summed E-state index contributed by atoms with van der Waals surface area (Å²) in [6, 6.07) is 20.6. The molecule has 0 spiro atoms. The molecule has 1 atom stereocenters. The van der Waals surface area contributed by atoms with Gasteiger partial charge in [0.25, 0.3) is 0 Å². The van der Waals surface area contributed by atoms with Gasteiger partial charge in [-0.2, -0.15) is 0 Å². The number of amidine groups is 1. The van der Waals surface area contributed by atoms with Crippen molar-refractivity contribution in [3.63, 3.8) is 0 Å². The number of carbonyl (C=O) groups excluding carboxylic acids is 1. The number of benzene rings is 2. The quantitative estimate of drug-likeness (QED) is 0.372. The number of likely N-dealkylation sites (tertiary alicyclic amines) is 1. The molecule has 7 heteroatoms. The third-order valence-corrected chi connectivity index (χ3v) is 6.15. The number of nitrogens with one attached hydrogen (secondary N) is 1. The van der Waals surface area contributed by atoms with E-state index >= 15 is 0 Å². The van der Waals surface area contributed by atoms with E-state index in [9.17, 15) is 4.79 Å². The first-order chi connectivity index (χ1) is 17.7. The van der Waals surface area contributed by atoms with Crippen molar-refractivity contribution in [2.75, 3.05) is 13.1 Å². The molecular weight excluding hydrogens is 462 g/mol. The summed E-state index contributed by atoms with van der Waals surface area (Å²) in [5.41, 5.74) is 10.1. The highest BCUT2D eigenvalue weighted by atomic mass is 16.6. The largest absolute Gasteiger partial charge is 0.444 e. The third-order valence-electron chi connectivity index (χ3n) is 6.15. The highest BCUT2D eigenvalue weighted by molar-refractivity contribution is 5.98. The average Bonchev–Trinajstić information content (AvgIpc) is 2.87. The Bertz CT molecular complexity index is 1050. The van der Waals surface area contributed by atoms with E-state index < -0.39 is 5.60 Å². The van der Waals surface area contributed by atoms with Gasteiger partial charge in [0.1, 0.15) is 5.60 Å². The Morgan fingerprint density at radius 3 is 2.22 bits per heavy atom. The van der Waals surface area contributed by atoms with Crippen LogP contribution in [0.5, 0.6) is 0 Å². The van der Waals surface area contributed by atoms with E-state index in [1.165, 1.54) is 11.1 Å². The number of hydrogen-bond donors (Lipinski definition) is 2. The van der Waals surface area contributed by atoms with Gasteiger partial charge < -0.3 is 25.6 Å². The number of aliphatic imine (C=N–C) groups is 1. The van der Waals surface area contributed by atoms with Gasteiger partial charge in [-0.3, -0.25) is 4.99 Å². The van der Waals surface area contributed by atoms with Crippen LogP contribution < -0.4 is 11.1 Å². The number of allylic oxidation sites excluding steroid dienone is 1. The minimum absolute atomic E-state index is 0.0910. The van der Waals surface area contributed by atoms with Gasteiger partial charge in [-0.25, -0.2) is 4.79 Å². The third kappa shape index (κ3) is 8.70. The Balaban J connectivity index is 1.86. The van der Waals surface area contributed by atoms with Gasteiger partial charge in [0.15, 0.2) is 5.84 Å². The number of piperidine rings is 1. The second kappa shape index (κ2) is 13.0. The average molecular weight is 504 g/mol. The molecule has 1 aliphatic heterocycles. The number of rotatable bonds is 8. The molecule has 37 heavy (non-hydrogen) atoms. The summed E-state index contributed by atoms with van der Waals surface area (Å²) in [5.74, 6) is 0.565. The van der Waals surface area contributed by atoms with Gasteiger partial charge in [0.05, 0.1) is 11.7 Å². The van der Waals surface area contributed by atoms with Crippen molar-refractivity contribution < 1.29 is 9.53 Å². The molecule has 1 aliphatic rings. The molecule has 198 valence electrons. The summed E-state index contributed by atoms with van der Waals surface area (Å²) in [4.78, 5) is 21.6. The highest BCUT2D eigenvalue weighted by Gasteiger charge is 2.28.